The minimum atomic E-state index is -0.132. The molecular formula is C14H16ClN3OS. The van der Waals surface area contributed by atoms with Gasteiger partial charge in [-0.1, -0.05) is 17.7 Å². The Kier molecular flexibility index (Phi) is 4.62. The Morgan fingerprint density at radius 3 is 2.90 bits per heavy atom. The molecule has 2 heterocycles. The van der Waals surface area contributed by atoms with Crippen LogP contribution in [-0.4, -0.2) is 21.8 Å². The largest absolute Gasteiger partial charge is 0.384 e. The summed E-state index contributed by atoms with van der Waals surface area (Å²) in [6.45, 7) is 4.51. The number of nitrogens with two attached hydrogens (primary N) is 1. The molecule has 0 unspecified atom stereocenters. The quantitative estimate of drug-likeness (QED) is 0.941. The van der Waals surface area contributed by atoms with E-state index in [-0.39, 0.29) is 17.8 Å². The Hall–Kier alpha value is -1.59. The molecule has 1 amide bonds. The second kappa shape index (κ2) is 6.24. The van der Waals surface area contributed by atoms with Crippen LogP contribution in [0, 0.1) is 0 Å². The van der Waals surface area contributed by atoms with Gasteiger partial charge in [0.25, 0.3) is 5.91 Å². The zero-order valence-electron chi connectivity index (χ0n) is 11.3. The number of carbonyl (C=O) groups is 1. The van der Waals surface area contributed by atoms with E-state index in [1.165, 1.54) is 12.3 Å². The van der Waals surface area contributed by atoms with Crippen LogP contribution in [0.15, 0.2) is 29.8 Å². The SMILES string of the molecule is CC(C)N(Cc1cccs1)C(=O)c1cc(N)ncc1Cl. The molecule has 2 aromatic rings. The lowest BCUT2D eigenvalue weighted by atomic mass is 10.2. The van der Waals surface area contributed by atoms with Gasteiger partial charge in [0.1, 0.15) is 5.82 Å². The van der Waals surface area contributed by atoms with Gasteiger partial charge in [-0.25, -0.2) is 4.98 Å². The molecule has 0 aliphatic carbocycles. The van der Waals surface area contributed by atoms with Gasteiger partial charge >= 0.3 is 0 Å². The van der Waals surface area contributed by atoms with E-state index in [0.29, 0.717) is 17.1 Å². The number of amides is 1. The number of pyridine rings is 1. The number of aromatic nitrogens is 1. The fraction of sp³-hybridized carbons (Fsp3) is 0.286. The van der Waals surface area contributed by atoms with Gasteiger partial charge < -0.3 is 10.6 Å². The lowest BCUT2D eigenvalue weighted by Gasteiger charge is -2.26. The third-order valence-electron chi connectivity index (χ3n) is 2.90. The van der Waals surface area contributed by atoms with Crippen LogP contribution in [0.1, 0.15) is 29.1 Å². The highest BCUT2D eigenvalue weighted by molar-refractivity contribution is 7.09. The van der Waals surface area contributed by atoms with Crippen LogP contribution >= 0.6 is 22.9 Å². The van der Waals surface area contributed by atoms with Crippen molar-refractivity contribution in [2.75, 3.05) is 5.73 Å². The Balaban J connectivity index is 2.29. The molecule has 0 bridgehead atoms. The summed E-state index contributed by atoms with van der Waals surface area (Å²) in [6.07, 6.45) is 1.41. The molecule has 0 saturated carbocycles. The van der Waals surface area contributed by atoms with Crippen molar-refractivity contribution in [1.29, 1.82) is 0 Å². The van der Waals surface area contributed by atoms with E-state index in [1.54, 1.807) is 16.2 Å². The van der Waals surface area contributed by atoms with Crippen LogP contribution in [0.5, 0.6) is 0 Å². The number of carbonyl (C=O) groups excluding carboxylic acids is 1. The summed E-state index contributed by atoms with van der Waals surface area (Å²) < 4.78 is 0. The van der Waals surface area contributed by atoms with E-state index < -0.39 is 0 Å². The second-order valence-electron chi connectivity index (χ2n) is 4.70. The molecule has 0 saturated heterocycles. The molecule has 0 atom stereocenters. The zero-order valence-corrected chi connectivity index (χ0v) is 12.9. The van der Waals surface area contributed by atoms with Crippen LogP contribution in [0.25, 0.3) is 0 Å². The van der Waals surface area contributed by atoms with Crippen LogP contribution in [0.3, 0.4) is 0 Å². The lowest BCUT2D eigenvalue weighted by Crippen LogP contribution is -2.36. The van der Waals surface area contributed by atoms with Crippen molar-refractivity contribution in [2.24, 2.45) is 0 Å². The minimum Gasteiger partial charge on any atom is -0.384 e. The van der Waals surface area contributed by atoms with Crippen LogP contribution in [0.2, 0.25) is 5.02 Å². The number of rotatable bonds is 4. The molecular weight excluding hydrogens is 294 g/mol. The number of thiophene rings is 1. The molecule has 20 heavy (non-hydrogen) atoms. The van der Waals surface area contributed by atoms with E-state index >= 15 is 0 Å². The predicted molar refractivity (Wildman–Crippen MR) is 83.0 cm³/mol. The number of halogens is 1. The Bertz CT molecular complexity index is 598. The molecule has 0 aliphatic rings. The third kappa shape index (κ3) is 3.29. The molecule has 6 heteroatoms. The van der Waals surface area contributed by atoms with Crippen molar-refractivity contribution in [1.82, 2.24) is 9.88 Å². The number of hydrogen-bond donors (Lipinski definition) is 1. The summed E-state index contributed by atoms with van der Waals surface area (Å²) >= 11 is 7.68. The fourth-order valence-electron chi connectivity index (χ4n) is 1.83. The Morgan fingerprint density at radius 2 is 2.30 bits per heavy atom. The number of nitrogen functional groups attached to an aromatic ring is 1. The lowest BCUT2D eigenvalue weighted by molar-refractivity contribution is 0.0692. The summed E-state index contributed by atoms with van der Waals surface area (Å²) in [4.78, 5) is 19.4. The second-order valence-corrected chi connectivity index (χ2v) is 6.13. The molecule has 0 radical (unpaired) electrons. The molecule has 0 aliphatic heterocycles. The van der Waals surface area contributed by atoms with E-state index in [0.717, 1.165) is 4.88 Å². The first-order valence-electron chi connectivity index (χ1n) is 6.23. The van der Waals surface area contributed by atoms with Crippen molar-refractivity contribution >= 4 is 34.7 Å². The standard InChI is InChI=1S/C14H16ClN3OS/c1-9(2)18(8-10-4-3-5-20-10)14(19)11-6-13(16)17-7-12(11)15/h3-7,9H,8H2,1-2H3,(H2,16,17). The maximum atomic E-state index is 12.6. The highest BCUT2D eigenvalue weighted by Crippen LogP contribution is 2.22. The smallest absolute Gasteiger partial charge is 0.256 e. The van der Waals surface area contributed by atoms with Crippen LogP contribution in [-0.2, 0) is 6.54 Å². The molecule has 4 nitrogen and oxygen atoms in total. The van der Waals surface area contributed by atoms with Gasteiger partial charge in [0.2, 0.25) is 0 Å². The van der Waals surface area contributed by atoms with Crippen LogP contribution < -0.4 is 5.73 Å². The van der Waals surface area contributed by atoms with Crippen molar-refractivity contribution in [2.45, 2.75) is 26.4 Å². The molecule has 106 valence electrons. The minimum absolute atomic E-state index is 0.0649. The molecule has 0 aromatic carbocycles. The normalized spacial score (nSPS) is 10.8. The Morgan fingerprint density at radius 1 is 1.55 bits per heavy atom. The van der Waals surface area contributed by atoms with Crippen molar-refractivity contribution in [3.05, 3.63) is 45.2 Å². The van der Waals surface area contributed by atoms with E-state index in [1.807, 2.05) is 31.4 Å². The predicted octanol–water partition coefficient (Wildman–Crippen LogP) is 3.43. The fourth-order valence-corrected chi connectivity index (χ4v) is 2.72. The number of anilines is 1. The average molecular weight is 310 g/mol. The summed E-state index contributed by atoms with van der Waals surface area (Å²) in [5.41, 5.74) is 6.03. The zero-order chi connectivity index (χ0) is 14.7. The van der Waals surface area contributed by atoms with Crippen molar-refractivity contribution in [3.8, 4) is 0 Å². The molecule has 2 aromatic heterocycles. The molecule has 2 N–H and O–H groups in total. The summed E-state index contributed by atoms with van der Waals surface area (Å²) in [5, 5.41) is 2.32. The van der Waals surface area contributed by atoms with Crippen molar-refractivity contribution < 1.29 is 4.79 Å². The van der Waals surface area contributed by atoms with Gasteiger partial charge in [-0.3, -0.25) is 4.79 Å². The number of hydrogen-bond acceptors (Lipinski definition) is 4. The van der Waals surface area contributed by atoms with E-state index in [4.69, 9.17) is 17.3 Å². The van der Waals surface area contributed by atoms with Gasteiger partial charge in [0.05, 0.1) is 17.1 Å². The van der Waals surface area contributed by atoms with Gasteiger partial charge in [-0.05, 0) is 31.4 Å². The topological polar surface area (TPSA) is 59.2 Å². The highest BCUT2D eigenvalue weighted by atomic mass is 35.5. The third-order valence-corrected chi connectivity index (χ3v) is 4.06. The maximum absolute atomic E-state index is 12.6. The van der Waals surface area contributed by atoms with Gasteiger partial charge in [0.15, 0.2) is 0 Å². The molecule has 0 spiro atoms. The van der Waals surface area contributed by atoms with Gasteiger partial charge in [-0.15, -0.1) is 11.3 Å². The van der Waals surface area contributed by atoms with Gasteiger partial charge in [-0.2, -0.15) is 0 Å². The highest BCUT2D eigenvalue weighted by Gasteiger charge is 2.22. The summed E-state index contributed by atoms with van der Waals surface area (Å²) in [5.74, 6) is 0.157. The molecule has 0 fully saturated rings. The van der Waals surface area contributed by atoms with Gasteiger partial charge in [0, 0.05) is 17.1 Å². The molecule has 2 rings (SSSR count). The summed E-state index contributed by atoms with van der Waals surface area (Å²) in [6, 6.07) is 5.57. The monoisotopic (exact) mass is 309 g/mol. The first kappa shape index (κ1) is 14.8. The summed E-state index contributed by atoms with van der Waals surface area (Å²) in [7, 11) is 0. The Labute approximate surface area is 127 Å². The maximum Gasteiger partial charge on any atom is 0.256 e. The first-order valence-corrected chi connectivity index (χ1v) is 7.49. The van der Waals surface area contributed by atoms with Crippen LogP contribution in [0.4, 0.5) is 5.82 Å². The van der Waals surface area contributed by atoms with E-state index in [2.05, 4.69) is 4.98 Å². The first-order chi connectivity index (χ1) is 9.49. The number of nitrogens with zero attached hydrogens (tertiary/aromatic N) is 2. The van der Waals surface area contributed by atoms with Crippen molar-refractivity contribution in [3.63, 3.8) is 0 Å². The van der Waals surface area contributed by atoms with E-state index in [9.17, 15) is 4.79 Å². The average Bonchev–Trinajstić information content (AvgIpc) is 2.90.